The first-order chi connectivity index (χ1) is 18.0. The Morgan fingerprint density at radius 2 is 1.82 bits per heavy atom. The van der Waals surface area contributed by atoms with Gasteiger partial charge < -0.3 is 20.2 Å². The van der Waals surface area contributed by atoms with Gasteiger partial charge >= 0.3 is 5.92 Å². The zero-order chi connectivity index (χ0) is 29.1. The summed E-state index contributed by atoms with van der Waals surface area (Å²) in [7, 11) is 3.89. The molecule has 2 aromatic carbocycles. The van der Waals surface area contributed by atoms with Gasteiger partial charge in [0.1, 0.15) is 11.4 Å². The molecule has 1 atom stereocenters. The summed E-state index contributed by atoms with van der Waals surface area (Å²) in [4.78, 5) is 17.2. The number of rotatable bonds is 8. The molecule has 39 heavy (non-hydrogen) atoms. The number of aryl methyl sites for hydroxylation is 1. The Morgan fingerprint density at radius 1 is 1.15 bits per heavy atom. The highest BCUT2D eigenvalue weighted by molar-refractivity contribution is 6.11. The van der Waals surface area contributed by atoms with E-state index in [-0.39, 0.29) is 11.5 Å². The van der Waals surface area contributed by atoms with Crippen LogP contribution in [0.2, 0.25) is 0 Å². The molecule has 0 radical (unpaired) electrons. The van der Waals surface area contributed by atoms with Crippen LogP contribution in [-0.4, -0.2) is 58.9 Å². The molecule has 1 aliphatic heterocycles. The molecule has 3 aromatic rings. The van der Waals surface area contributed by atoms with E-state index in [0.717, 1.165) is 36.6 Å². The fraction of sp³-hybridized carbons (Fsp3) is 0.483. The van der Waals surface area contributed by atoms with Gasteiger partial charge in [-0.1, -0.05) is 12.1 Å². The molecular weight excluding hydrogens is 507 g/mol. The number of fused-ring (bicyclic) bond motifs is 2. The molecule has 10 heteroatoms. The van der Waals surface area contributed by atoms with Crippen molar-refractivity contribution in [2.24, 2.45) is 0 Å². The van der Waals surface area contributed by atoms with Gasteiger partial charge in [-0.15, -0.1) is 5.10 Å². The predicted octanol–water partition coefficient (Wildman–Crippen LogP) is 5.30. The Morgan fingerprint density at radius 3 is 2.44 bits per heavy atom. The minimum atomic E-state index is -3.81. The van der Waals surface area contributed by atoms with Crippen molar-refractivity contribution in [3.63, 3.8) is 0 Å². The molecule has 4 rings (SSSR count). The van der Waals surface area contributed by atoms with Gasteiger partial charge in [-0.2, -0.15) is 13.9 Å². The van der Waals surface area contributed by atoms with Crippen LogP contribution in [0, 0.1) is 12.7 Å². The van der Waals surface area contributed by atoms with Crippen molar-refractivity contribution in [3.05, 3.63) is 58.5 Å². The topological polar surface area (TPSA) is 81.6 Å². The van der Waals surface area contributed by atoms with Crippen molar-refractivity contribution < 1.29 is 23.1 Å². The highest BCUT2D eigenvalue weighted by Crippen LogP contribution is 2.45. The van der Waals surface area contributed by atoms with Gasteiger partial charge in [0, 0.05) is 35.1 Å². The second kappa shape index (κ2) is 9.75. The van der Waals surface area contributed by atoms with E-state index in [1.807, 2.05) is 51.9 Å². The van der Waals surface area contributed by atoms with Crippen LogP contribution in [0.5, 0.6) is 0 Å². The van der Waals surface area contributed by atoms with Gasteiger partial charge in [-0.05, 0) is 79.4 Å². The molecule has 0 saturated carbocycles. The van der Waals surface area contributed by atoms with Crippen molar-refractivity contribution in [3.8, 4) is 0 Å². The van der Waals surface area contributed by atoms with Crippen molar-refractivity contribution in [1.82, 2.24) is 15.1 Å². The van der Waals surface area contributed by atoms with E-state index in [1.54, 1.807) is 11.8 Å². The molecule has 7 nitrogen and oxygen atoms in total. The van der Waals surface area contributed by atoms with Gasteiger partial charge in [0.15, 0.2) is 5.82 Å². The number of likely N-dealkylation sites (N-methyl/N-ethyl adjacent to an activating group) is 1. The molecule has 2 heterocycles. The summed E-state index contributed by atoms with van der Waals surface area (Å²) in [6.45, 7) is 10.4. The summed E-state index contributed by atoms with van der Waals surface area (Å²) in [5.74, 6) is -4.56. The first-order valence-electron chi connectivity index (χ1n) is 12.9. The molecule has 0 spiro atoms. The average molecular weight is 544 g/mol. The third-order valence-corrected chi connectivity index (χ3v) is 7.55. The third kappa shape index (κ3) is 4.84. The van der Waals surface area contributed by atoms with Crippen molar-refractivity contribution in [1.29, 1.82) is 0 Å². The number of aliphatic hydroxyl groups is 1. The summed E-state index contributed by atoms with van der Waals surface area (Å²) in [6, 6.07) is 6.84. The van der Waals surface area contributed by atoms with E-state index in [4.69, 9.17) is 0 Å². The van der Waals surface area contributed by atoms with E-state index in [2.05, 4.69) is 15.5 Å². The van der Waals surface area contributed by atoms with Gasteiger partial charge in [0.25, 0.3) is 0 Å². The first-order valence-corrected chi connectivity index (χ1v) is 12.9. The van der Waals surface area contributed by atoms with Crippen molar-refractivity contribution in [2.75, 3.05) is 37.4 Å². The highest BCUT2D eigenvalue weighted by atomic mass is 19.3. The van der Waals surface area contributed by atoms with E-state index >= 15 is 4.39 Å². The Labute approximate surface area is 227 Å². The lowest BCUT2D eigenvalue weighted by Crippen LogP contribution is -2.41. The molecule has 1 amide bonds. The molecule has 0 saturated heterocycles. The minimum Gasteiger partial charge on any atom is -0.384 e. The number of amides is 1. The number of anilines is 2. The average Bonchev–Trinajstić information content (AvgIpc) is 3.02. The van der Waals surface area contributed by atoms with Crippen LogP contribution in [0.25, 0.3) is 10.8 Å². The second-order valence-corrected chi connectivity index (χ2v) is 11.6. The molecule has 0 bridgehead atoms. The zero-order valence-corrected chi connectivity index (χ0v) is 23.7. The van der Waals surface area contributed by atoms with E-state index in [0.29, 0.717) is 30.0 Å². The number of alkyl halides is 2. The van der Waals surface area contributed by atoms with E-state index < -0.39 is 34.4 Å². The SMILES string of the molecule is Cc1nnc(NC(C)c2cccc(C(F)(F)C(C)(C)O)c2F)c2cc3c(cc12)C(C)(C)C(=O)N3CCN(C)C. The largest absolute Gasteiger partial charge is 0.384 e. The summed E-state index contributed by atoms with van der Waals surface area (Å²) in [5, 5.41) is 23.2. The number of hydrogen-bond donors (Lipinski definition) is 2. The maximum absolute atomic E-state index is 15.4. The van der Waals surface area contributed by atoms with Crippen LogP contribution in [0.4, 0.5) is 24.7 Å². The molecule has 0 fully saturated rings. The molecular formula is C29H36F3N5O2. The maximum atomic E-state index is 15.4. The predicted molar refractivity (Wildman–Crippen MR) is 147 cm³/mol. The van der Waals surface area contributed by atoms with Crippen LogP contribution >= 0.6 is 0 Å². The Bertz CT molecular complexity index is 1430. The fourth-order valence-electron chi connectivity index (χ4n) is 4.97. The third-order valence-electron chi connectivity index (χ3n) is 7.55. The Kier molecular flexibility index (Phi) is 7.19. The smallest absolute Gasteiger partial charge is 0.303 e. The van der Waals surface area contributed by atoms with Crippen LogP contribution in [0.1, 0.15) is 63.0 Å². The van der Waals surface area contributed by atoms with Crippen LogP contribution < -0.4 is 10.2 Å². The molecule has 210 valence electrons. The van der Waals surface area contributed by atoms with Crippen LogP contribution in [0.3, 0.4) is 0 Å². The van der Waals surface area contributed by atoms with Gasteiger partial charge in [-0.25, -0.2) is 4.39 Å². The van der Waals surface area contributed by atoms with Gasteiger partial charge in [-0.3, -0.25) is 4.79 Å². The molecule has 1 unspecified atom stereocenters. The number of hydrogen-bond acceptors (Lipinski definition) is 6. The number of carbonyl (C=O) groups is 1. The number of benzene rings is 2. The van der Waals surface area contributed by atoms with E-state index in [1.165, 1.54) is 12.1 Å². The first kappa shape index (κ1) is 28.8. The Hall–Kier alpha value is -3.24. The lowest BCUT2D eigenvalue weighted by Gasteiger charge is -2.30. The number of aromatic nitrogens is 2. The number of halogens is 3. The van der Waals surface area contributed by atoms with Crippen molar-refractivity contribution >= 4 is 28.2 Å². The minimum absolute atomic E-state index is 0.00252. The standard InChI is InChI=1S/C29H36F3N5O2/c1-16(18-10-9-11-21(24(18)30)29(31,32)28(5,6)39)33-25-20-15-23-22(14-19(20)17(2)34-35-25)27(3,4)26(38)37(23)13-12-36(7)8/h9-11,14-16,39H,12-13H2,1-8H3,(H,33,35). The monoisotopic (exact) mass is 543 g/mol. The normalized spacial score (nSPS) is 16.2. The quantitative estimate of drug-likeness (QED) is 0.402. The summed E-state index contributed by atoms with van der Waals surface area (Å²) >= 11 is 0. The van der Waals surface area contributed by atoms with Crippen molar-refractivity contribution in [2.45, 2.75) is 64.5 Å². The molecule has 1 aromatic heterocycles. The summed E-state index contributed by atoms with van der Waals surface area (Å²) in [6.07, 6.45) is 0. The number of nitrogens with zero attached hydrogens (tertiary/aromatic N) is 4. The van der Waals surface area contributed by atoms with Gasteiger partial charge in [0.05, 0.1) is 22.7 Å². The van der Waals surface area contributed by atoms with E-state index in [9.17, 15) is 18.7 Å². The number of nitrogens with one attached hydrogen (secondary N) is 1. The maximum Gasteiger partial charge on any atom is 0.303 e. The molecule has 1 aliphatic rings. The second-order valence-electron chi connectivity index (χ2n) is 11.6. The summed E-state index contributed by atoms with van der Waals surface area (Å²) < 4.78 is 45.1. The summed E-state index contributed by atoms with van der Waals surface area (Å²) in [5.41, 5.74) is -1.72. The van der Waals surface area contributed by atoms with Crippen LogP contribution in [0.15, 0.2) is 30.3 Å². The lowest BCUT2D eigenvalue weighted by molar-refractivity contribution is -0.170. The lowest BCUT2D eigenvalue weighted by atomic mass is 9.85. The van der Waals surface area contributed by atoms with Crippen LogP contribution in [-0.2, 0) is 16.1 Å². The van der Waals surface area contributed by atoms with Gasteiger partial charge in [0.2, 0.25) is 5.91 Å². The zero-order valence-electron chi connectivity index (χ0n) is 23.7. The molecule has 0 aliphatic carbocycles. The highest BCUT2D eigenvalue weighted by Gasteiger charge is 2.49. The molecule has 2 N–H and O–H groups in total. The number of carbonyl (C=O) groups excluding carboxylic acids is 1. The fourth-order valence-corrected chi connectivity index (χ4v) is 4.97. The Balaban J connectivity index is 1.78.